The summed E-state index contributed by atoms with van der Waals surface area (Å²) in [5, 5.41) is 1.07. The highest BCUT2D eigenvalue weighted by Gasteiger charge is 2.16. The molecule has 0 fully saturated rings. The molecule has 23 heavy (non-hydrogen) atoms. The number of carbonyl (C=O) groups excluding carboxylic acids is 1. The maximum Gasteiger partial charge on any atom is 0.227 e. The van der Waals surface area contributed by atoms with E-state index in [4.69, 9.17) is 0 Å². The Bertz CT molecular complexity index is 971. The lowest BCUT2D eigenvalue weighted by molar-refractivity contribution is -0.657. The van der Waals surface area contributed by atoms with E-state index >= 15 is 0 Å². The summed E-state index contributed by atoms with van der Waals surface area (Å²) in [5.41, 5.74) is 1.48. The van der Waals surface area contributed by atoms with Gasteiger partial charge in [0.05, 0.1) is 4.90 Å². The van der Waals surface area contributed by atoms with E-state index in [-0.39, 0.29) is 17.2 Å². The van der Waals surface area contributed by atoms with Crippen molar-refractivity contribution in [2.75, 3.05) is 6.26 Å². The molecule has 0 saturated carbocycles. The molecule has 1 aromatic heterocycles. The third kappa shape index (κ3) is 3.29. The number of Topliss-reactive ketones (excluding diaryl/α,β-unsaturated/α-hetero) is 1. The molecule has 3 aromatic rings. The van der Waals surface area contributed by atoms with Gasteiger partial charge in [-0.05, 0) is 36.4 Å². The van der Waals surface area contributed by atoms with Gasteiger partial charge in [-0.2, -0.15) is 4.57 Å². The van der Waals surface area contributed by atoms with Crippen LogP contribution in [0.25, 0.3) is 10.9 Å². The molecule has 0 spiro atoms. The van der Waals surface area contributed by atoms with Gasteiger partial charge in [0.2, 0.25) is 17.8 Å². The highest BCUT2D eigenvalue weighted by Crippen LogP contribution is 2.12. The zero-order chi connectivity index (χ0) is 16.4. The Balaban J connectivity index is 1.89. The summed E-state index contributed by atoms with van der Waals surface area (Å²) < 4.78 is 24.8. The summed E-state index contributed by atoms with van der Waals surface area (Å²) in [6.07, 6.45) is 3.01. The number of nitrogens with zero attached hydrogens (tertiary/aromatic N) is 1. The second kappa shape index (κ2) is 5.93. The van der Waals surface area contributed by atoms with Crippen molar-refractivity contribution in [1.29, 1.82) is 0 Å². The third-order valence-electron chi connectivity index (χ3n) is 3.71. The zero-order valence-electron chi connectivity index (χ0n) is 12.6. The molecule has 0 bridgehead atoms. The third-order valence-corrected chi connectivity index (χ3v) is 4.83. The summed E-state index contributed by atoms with van der Waals surface area (Å²) in [6.45, 7) is 0.208. The molecule has 2 aromatic carbocycles. The molecule has 0 aliphatic heterocycles. The van der Waals surface area contributed by atoms with Crippen LogP contribution in [-0.4, -0.2) is 20.5 Å². The quantitative estimate of drug-likeness (QED) is 0.546. The van der Waals surface area contributed by atoms with Crippen LogP contribution >= 0.6 is 0 Å². The highest BCUT2D eigenvalue weighted by atomic mass is 32.2. The first kappa shape index (κ1) is 15.4. The van der Waals surface area contributed by atoms with Gasteiger partial charge < -0.3 is 0 Å². The van der Waals surface area contributed by atoms with E-state index in [1.165, 1.54) is 12.1 Å². The lowest BCUT2D eigenvalue weighted by atomic mass is 10.1. The number of ketones is 1. The molecule has 0 unspecified atom stereocenters. The minimum absolute atomic E-state index is 0.0635. The summed E-state index contributed by atoms with van der Waals surface area (Å²) in [6, 6.07) is 17.8. The maximum absolute atomic E-state index is 12.4. The lowest BCUT2D eigenvalue weighted by Gasteiger charge is -2.03. The first-order valence-electron chi connectivity index (χ1n) is 7.16. The second-order valence-electron chi connectivity index (χ2n) is 5.41. The van der Waals surface area contributed by atoms with E-state index < -0.39 is 9.84 Å². The normalized spacial score (nSPS) is 11.5. The van der Waals surface area contributed by atoms with E-state index in [0.29, 0.717) is 5.56 Å². The standard InChI is InChI=1S/C18H16NO3S/c1-23(21,22)16-10-8-15(9-11-16)18(20)13-19-12-4-6-14-5-2-3-7-17(14)19/h2-12H,13H2,1H3/q+1. The number of sulfone groups is 1. The fourth-order valence-electron chi connectivity index (χ4n) is 2.49. The summed E-state index contributed by atoms with van der Waals surface area (Å²) in [7, 11) is -3.25. The number of para-hydroxylation sites is 1. The molecule has 116 valence electrons. The van der Waals surface area contributed by atoms with Gasteiger partial charge in [-0.25, -0.2) is 8.42 Å². The Hall–Kier alpha value is -2.53. The molecule has 0 amide bonds. The number of carbonyl (C=O) groups is 1. The SMILES string of the molecule is CS(=O)(=O)c1ccc(C(=O)C[n+]2cccc3ccccc32)cc1. The van der Waals surface area contributed by atoms with Crippen molar-refractivity contribution in [2.45, 2.75) is 11.4 Å². The minimum atomic E-state index is -3.25. The van der Waals surface area contributed by atoms with Crippen LogP contribution < -0.4 is 4.57 Å². The molecule has 1 heterocycles. The molecule has 0 N–H and O–H groups in total. The Morgan fingerprint density at radius 1 is 0.957 bits per heavy atom. The smallest absolute Gasteiger partial charge is 0.227 e. The van der Waals surface area contributed by atoms with Gasteiger partial charge in [0.1, 0.15) is 0 Å². The number of hydrogen-bond acceptors (Lipinski definition) is 3. The molecule has 0 aliphatic rings. The van der Waals surface area contributed by atoms with Gasteiger partial charge in [0.25, 0.3) is 0 Å². The second-order valence-corrected chi connectivity index (χ2v) is 7.43. The van der Waals surface area contributed by atoms with Crippen LogP contribution in [0.1, 0.15) is 10.4 Å². The Kier molecular flexibility index (Phi) is 3.96. The maximum atomic E-state index is 12.4. The Morgan fingerprint density at radius 3 is 2.30 bits per heavy atom. The molecular weight excluding hydrogens is 310 g/mol. The monoisotopic (exact) mass is 326 g/mol. The van der Waals surface area contributed by atoms with Gasteiger partial charge in [-0.1, -0.05) is 12.1 Å². The Morgan fingerprint density at radius 2 is 1.61 bits per heavy atom. The number of benzene rings is 2. The zero-order valence-corrected chi connectivity index (χ0v) is 13.5. The Labute approximate surface area is 134 Å². The molecule has 0 aliphatic carbocycles. The van der Waals surface area contributed by atoms with Crippen LogP contribution in [0.5, 0.6) is 0 Å². The summed E-state index contributed by atoms with van der Waals surface area (Å²) in [5.74, 6) is -0.0635. The minimum Gasteiger partial charge on any atom is -0.287 e. The molecule has 5 heteroatoms. The number of hydrogen-bond donors (Lipinski definition) is 0. The molecular formula is C18H16NO3S+. The van der Waals surface area contributed by atoms with Crippen molar-refractivity contribution in [3.63, 3.8) is 0 Å². The molecule has 3 rings (SSSR count). The van der Waals surface area contributed by atoms with Crippen molar-refractivity contribution < 1.29 is 17.8 Å². The van der Waals surface area contributed by atoms with Crippen LogP contribution in [0.2, 0.25) is 0 Å². The number of aromatic nitrogens is 1. The van der Waals surface area contributed by atoms with Gasteiger partial charge in [0.15, 0.2) is 16.0 Å². The van der Waals surface area contributed by atoms with Gasteiger partial charge in [-0.15, -0.1) is 0 Å². The van der Waals surface area contributed by atoms with Crippen LogP contribution in [0.4, 0.5) is 0 Å². The van der Waals surface area contributed by atoms with E-state index in [1.807, 2.05) is 47.2 Å². The average molecular weight is 326 g/mol. The first-order valence-corrected chi connectivity index (χ1v) is 9.05. The molecule has 0 radical (unpaired) electrons. The molecule has 0 saturated heterocycles. The predicted octanol–water partition coefficient (Wildman–Crippen LogP) is 2.41. The number of rotatable bonds is 4. The van der Waals surface area contributed by atoms with Crippen molar-refractivity contribution in [2.24, 2.45) is 0 Å². The van der Waals surface area contributed by atoms with Crippen LogP contribution in [-0.2, 0) is 16.4 Å². The van der Waals surface area contributed by atoms with Crippen molar-refractivity contribution in [3.8, 4) is 0 Å². The topological polar surface area (TPSA) is 55.1 Å². The fraction of sp³-hybridized carbons (Fsp3) is 0.111. The predicted molar refractivity (Wildman–Crippen MR) is 88.0 cm³/mol. The summed E-state index contributed by atoms with van der Waals surface area (Å²) in [4.78, 5) is 12.7. The van der Waals surface area contributed by atoms with Crippen molar-refractivity contribution in [3.05, 3.63) is 72.4 Å². The van der Waals surface area contributed by atoms with Crippen molar-refractivity contribution >= 4 is 26.5 Å². The van der Waals surface area contributed by atoms with E-state index in [1.54, 1.807) is 12.1 Å². The first-order chi connectivity index (χ1) is 10.9. The van der Waals surface area contributed by atoms with Gasteiger partial charge >= 0.3 is 0 Å². The van der Waals surface area contributed by atoms with E-state index in [9.17, 15) is 13.2 Å². The number of fused-ring (bicyclic) bond motifs is 1. The van der Waals surface area contributed by atoms with Crippen LogP contribution in [0, 0.1) is 0 Å². The number of pyridine rings is 1. The highest BCUT2D eigenvalue weighted by molar-refractivity contribution is 7.90. The van der Waals surface area contributed by atoms with Crippen LogP contribution in [0.3, 0.4) is 0 Å². The molecule has 4 nitrogen and oxygen atoms in total. The van der Waals surface area contributed by atoms with Gasteiger partial charge in [-0.3, -0.25) is 4.79 Å². The fourth-order valence-corrected chi connectivity index (χ4v) is 3.12. The average Bonchev–Trinajstić information content (AvgIpc) is 2.54. The van der Waals surface area contributed by atoms with E-state index in [2.05, 4.69) is 0 Å². The lowest BCUT2D eigenvalue weighted by Crippen LogP contribution is -2.38. The van der Waals surface area contributed by atoms with Gasteiger partial charge in [0, 0.05) is 29.3 Å². The van der Waals surface area contributed by atoms with Crippen molar-refractivity contribution in [1.82, 2.24) is 0 Å². The largest absolute Gasteiger partial charge is 0.287 e. The van der Waals surface area contributed by atoms with E-state index in [0.717, 1.165) is 17.2 Å². The van der Waals surface area contributed by atoms with Crippen LogP contribution in [0.15, 0.2) is 71.8 Å². The summed E-state index contributed by atoms with van der Waals surface area (Å²) >= 11 is 0. The molecule has 0 atom stereocenters.